The maximum Gasteiger partial charge on any atom is 0.191 e. The van der Waals surface area contributed by atoms with E-state index in [4.69, 9.17) is 9.15 Å². The third-order valence-electron chi connectivity index (χ3n) is 6.05. The maximum atomic E-state index is 6.00. The lowest BCUT2D eigenvalue weighted by molar-refractivity contribution is 0.150. The third kappa shape index (κ3) is 4.50. The molecule has 1 unspecified atom stereocenters. The lowest BCUT2D eigenvalue weighted by atomic mass is 10.0. The zero-order valence-electron chi connectivity index (χ0n) is 17.0. The molecule has 6 heteroatoms. The summed E-state index contributed by atoms with van der Waals surface area (Å²) in [6.07, 6.45) is 3.52. The van der Waals surface area contributed by atoms with Crippen molar-refractivity contribution < 1.29 is 9.15 Å². The maximum absolute atomic E-state index is 6.00. The summed E-state index contributed by atoms with van der Waals surface area (Å²) in [6.45, 7) is 8.11. The molecule has 2 aromatic rings. The number of nitrogens with zero attached hydrogens (tertiary/aromatic N) is 2. The number of hydrogen-bond acceptors (Lipinski definition) is 4. The molecule has 0 spiro atoms. The van der Waals surface area contributed by atoms with Crippen molar-refractivity contribution in [2.45, 2.75) is 38.8 Å². The number of rotatable bonds is 5. The molecule has 1 atom stereocenters. The molecule has 4 rings (SSSR count). The first kappa shape index (κ1) is 19.3. The van der Waals surface area contributed by atoms with E-state index in [1.54, 1.807) is 0 Å². The number of hydrogen-bond donors (Lipinski definition) is 2. The van der Waals surface area contributed by atoms with Crippen molar-refractivity contribution in [3.63, 3.8) is 0 Å². The fraction of sp³-hybridized carbons (Fsp3) is 0.591. The van der Waals surface area contributed by atoms with Crippen molar-refractivity contribution >= 4 is 16.9 Å². The van der Waals surface area contributed by atoms with Crippen molar-refractivity contribution in [3.05, 3.63) is 35.6 Å². The van der Waals surface area contributed by atoms with Gasteiger partial charge in [0, 0.05) is 50.3 Å². The van der Waals surface area contributed by atoms with Gasteiger partial charge in [0.1, 0.15) is 11.3 Å². The van der Waals surface area contributed by atoms with Crippen LogP contribution in [0.25, 0.3) is 11.0 Å². The monoisotopic (exact) mass is 384 g/mol. The van der Waals surface area contributed by atoms with Crippen LogP contribution in [0.5, 0.6) is 0 Å². The van der Waals surface area contributed by atoms with E-state index in [-0.39, 0.29) is 0 Å². The Balaban J connectivity index is 1.25. The van der Waals surface area contributed by atoms with Crippen LogP contribution in [-0.4, -0.2) is 56.8 Å². The molecule has 152 valence electrons. The minimum atomic E-state index is 0.471. The number of benzene rings is 1. The lowest BCUT2D eigenvalue weighted by Crippen LogP contribution is -2.49. The highest BCUT2D eigenvalue weighted by Crippen LogP contribution is 2.24. The van der Waals surface area contributed by atoms with Gasteiger partial charge in [0.2, 0.25) is 0 Å². The largest absolute Gasteiger partial charge is 0.459 e. The van der Waals surface area contributed by atoms with Gasteiger partial charge in [0.25, 0.3) is 0 Å². The van der Waals surface area contributed by atoms with Gasteiger partial charge in [0.15, 0.2) is 5.96 Å². The van der Waals surface area contributed by atoms with E-state index >= 15 is 0 Å². The van der Waals surface area contributed by atoms with E-state index in [9.17, 15) is 0 Å². The molecule has 1 aromatic carbocycles. The molecular weight excluding hydrogens is 352 g/mol. The van der Waals surface area contributed by atoms with Gasteiger partial charge < -0.3 is 24.7 Å². The summed E-state index contributed by atoms with van der Waals surface area (Å²) in [5, 5.41) is 8.19. The molecule has 0 aliphatic carbocycles. The minimum absolute atomic E-state index is 0.471. The quantitative estimate of drug-likeness (QED) is 0.613. The SMILES string of the molecule is CN=C(NCc1oc2ccccc2c1C)NC1CCN(CC2CCOC2)CC1. The number of fused-ring (bicyclic) bond motifs is 1. The predicted octanol–water partition coefficient (Wildman–Crippen LogP) is 2.91. The standard InChI is InChI=1S/C22H32N4O2/c1-16-19-5-3-4-6-20(19)28-21(16)13-24-22(23-2)25-18-7-10-26(11-8-18)14-17-9-12-27-15-17/h3-6,17-18H,7-15H2,1-2H3,(H2,23,24,25). The van der Waals surface area contributed by atoms with Crippen LogP contribution in [0.15, 0.2) is 33.7 Å². The molecular formula is C22H32N4O2. The Morgan fingerprint density at radius 2 is 2.04 bits per heavy atom. The first-order valence-corrected chi connectivity index (χ1v) is 10.5. The number of guanidine groups is 1. The van der Waals surface area contributed by atoms with Gasteiger partial charge in [-0.05, 0) is 38.2 Å². The number of nitrogens with one attached hydrogen (secondary N) is 2. The Morgan fingerprint density at radius 3 is 2.75 bits per heavy atom. The van der Waals surface area contributed by atoms with Gasteiger partial charge >= 0.3 is 0 Å². The van der Waals surface area contributed by atoms with Crippen LogP contribution in [-0.2, 0) is 11.3 Å². The van der Waals surface area contributed by atoms with E-state index in [2.05, 4.69) is 39.6 Å². The number of furan rings is 1. The number of para-hydroxylation sites is 1. The molecule has 3 heterocycles. The van der Waals surface area contributed by atoms with E-state index in [0.29, 0.717) is 12.6 Å². The van der Waals surface area contributed by atoms with Gasteiger partial charge in [-0.15, -0.1) is 0 Å². The molecule has 28 heavy (non-hydrogen) atoms. The summed E-state index contributed by atoms with van der Waals surface area (Å²) in [7, 11) is 1.83. The summed E-state index contributed by atoms with van der Waals surface area (Å²) in [5.74, 6) is 2.55. The highest BCUT2D eigenvalue weighted by molar-refractivity contribution is 5.83. The second kappa shape index (κ2) is 8.97. The van der Waals surface area contributed by atoms with Crippen molar-refractivity contribution in [3.8, 4) is 0 Å². The van der Waals surface area contributed by atoms with E-state index in [0.717, 1.165) is 62.4 Å². The third-order valence-corrected chi connectivity index (χ3v) is 6.05. The molecule has 2 saturated heterocycles. The Labute approximate surface area is 167 Å². The lowest BCUT2D eigenvalue weighted by Gasteiger charge is -2.34. The van der Waals surface area contributed by atoms with Crippen LogP contribution in [0.3, 0.4) is 0 Å². The molecule has 6 nitrogen and oxygen atoms in total. The zero-order valence-corrected chi connectivity index (χ0v) is 17.0. The highest BCUT2D eigenvalue weighted by Gasteiger charge is 2.24. The van der Waals surface area contributed by atoms with Crippen LogP contribution in [0, 0.1) is 12.8 Å². The molecule has 2 aliphatic heterocycles. The minimum Gasteiger partial charge on any atom is -0.459 e. The van der Waals surface area contributed by atoms with Gasteiger partial charge in [-0.25, -0.2) is 0 Å². The average Bonchev–Trinajstić information content (AvgIpc) is 3.35. The molecule has 1 aromatic heterocycles. The second-order valence-electron chi connectivity index (χ2n) is 8.02. The Morgan fingerprint density at radius 1 is 1.21 bits per heavy atom. The number of aryl methyl sites for hydroxylation is 1. The van der Waals surface area contributed by atoms with Crippen LogP contribution in [0.4, 0.5) is 0 Å². The molecule has 2 N–H and O–H groups in total. The van der Waals surface area contributed by atoms with Gasteiger partial charge in [0.05, 0.1) is 13.2 Å². The van der Waals surface area contributed by atoms with Crippen LogP contribution in [0.2, 0.25) is 0 Å². The second-order valence-corrected chi connectivity index (χ2v) is 8.02. The van der Waals surface area contributed by atoms with Crippen LogP contribution < -0.4 is 10.6 Å². The normalized spacial score (nSPS) is 22.1. The summed E-state index contributed by atoms with van der Waals surface area (Å²) >= 11 is 0. The van der Waals surface area contributed by atoms with Crippen molar-refractivity contribution in [1.82, 2.24) is 15.5 Å². The van der Waals surface area contributed by atoms with E-state index in [1.165, 1.54) is 23.9 Å². The molecule has 0 amide bonds. The Bertz CT molecular complexity index is 802. The Kier molecular flexibility index (Phi) is 6.17. The Hall–Kier alpha value is -2.05. The topological polar surface area (TPSA) is 62.0 Å². The number of likely N-dealkylation sites (tertiary alicyclic amines) is 1. The smallest absolute Gasteiger partial charge is 0.191 e. The van der Waals surface area contributed by atoms with Crippen LogP contribution in [0.1, 0.15) is 30.6 Å². The van der Waals surface area contributed by atoms with Crippen molar-refractivity contribution in [2.24, 2.45) is 10.9 Å². The van der Waals surface area contributed by atoms with E-state index in [1.807, 2.05) is 19.2 Å². The molecule has 0 radical (unpaired) electrons. The summed E-state index contributed by atoms with van der Waals surface area (Å²) in [5.41, 5.74) is 2.14. The molecule has 0 bridgehead atoms. The number of ether oxygens (including phenoxy) is 1. The van der Waals surface area contributed by atoms with Crippen LogP contribution >= 0.6 is 0 Å². The summed E-state index contributed by atoms with van der Waals surface area (Å²) in [6, 6.07) is 8.66. The number of piperidine rings is 1. The first-order chi connectivity index (χ1) is 13.7. The molecule has 0 saturated carbocycles. The fourth-order valence-corrected chi connectivity index (χ4v) is 4.30. The van der Waals surface area contributed by atoms with E-state index < -0.39 is 0 Å². The van der Waals surface area contributed by atoms with Gasteiger partial charge in [-0.2, -0.15) is 0 Å². The average molecular weight is 385 g/mol. The zero-order chi connectivity index (χ0) is 19.3. The fourth-order valence-electron chi connectivity index (χ4n) is 4.30. The first-order valence-electron chi connectivity index (χ1n) is 10.5. The van der Waals surface area contributed by atoms with Gasteiger partial charge in [-0.1, -0.05) is 18.2 Å². The summed E-state index contributed by atoms with van der Waals surface area (Å²) in [4.78, 5) is 6.99. The van der Waals surface area contributed by atoms with Crippen molar-refractivity contribution in [1.29, 1.82) is 0 Å². The molecule has 2 fully saturated rings. The summed E-state index contributed by atoms with van der Waals surface area (Å²) < 4.78 is 11.5. The molecule has 2 aliphatic rings. The predicted molar refractivity (Wildman–Crippen MR) is 113 cm³/mol. The highest BCUT2D eigenvalue weighted by atomic mass is 16.5. The van der Waals surface area contributed by atoms with Gasteiger partial charge in [-0.3, -0.25) is 4.99 Å². The number of aliphatic imine (C=N–C) groups is 1. The van der Waals surface area contributed by atoms with Crippen molar-refractivity contribution in [2.75, 3.05) is 39.9 Å².